The highest BCUT2D eigenvalue weighted by Gasteiger charge is 2.41. The minimum Gasteiger partial charge on any atom is -0.481 e. The molecule has 2 atom stereocenters. The minimum atomic E-state index is -0.797. The molecule has 0 radical (unpaired) electrons. The first-order valence-corrected chi connectivity index (χ1v) is 13.5. The van der Waals surface area contributed by atoms with Crippen molar-refractivity contribution in [1.29, 1.82) is 0 Å². The highest BCUT2D eigenvalue weighted by atomic mass is 33.1. The van der Waals surface area contributed by atoms with Gasteiger partial charge in [0.2, 0.25) is 0 Å². The highest BCUT2D eigenvalue weighted by Crippen LogP contribution is 2.43. The Morgan fingerprint density at radius 2 is 1.36 bits per heavy atom. The molecule has 0 saturated carbocycles. The van der Waals surface area contributed by atoms with E-state index in [2.05, 4.69) is 27.7 Å². The van der Waals surface area contributed by atoms with Gasteiger partial charge >= 0.3 is 11.9 Å². The van der Waals surface area contributed by atoms with Crippen LogP contribution in [0.4, 0.5) is 0 Å². The SMILES string of the molecule is CCCCC(CC)CC(CSSCCC(=O)O)(CC(CC)CCCC)C(=O)O. The van der Waals surface area contributed by atoms with Crippen molar-refractivity contribution in [2.45, 2.75) is 98.3 Å². The fourth-order valence-corrected chi connectivity index (χ4v) is 6.35. The van der Waals surface area contributed by atoms with E-state index in [0.29, 0.717) is 23.3 Å². The van der Waals surface area contributed by atoms with Crippen molar-refractivity contribution in [2.75, 3.05) is 11.5 Å². The summed E-state index contributed by atoms with van der Waals surface area (Å²) in [4.78, 5) is 23.2. The number of hydrogen-bond donors (Lipinski definition) is 2. The van der Waals surface area contributed by atoms with E-state index in [0.717, 1.165) is 64.2 Å². The lowest BCUT2D eigenvalue weighted by Gasteiger charge is -2.35. The lowest BCUT2D eigenvalue weighted by molar-refractivity contribution is -0.150. The first kappa shape index (κ1) is 27.6. The van der Waals surface area contributed by atoms with Crippen molar-refractivity contribution in [3.63, 3.8) is 0 Å². The molecule has 2 N–H and O–H groups in total. The topological polar surface area (TPSA) is 74.6 Å². The Labute approximate surface area is 180 Å². The number of aliphatic carboxylic acids is 2. The summed E-state index contributed by atoms with van der Waals surface area (Å²) in [5.41, 5.74) is -0.705. The van der Waals surface area contributed by atoms with Gasteiger partial charge in [-0.2, -0.15) is 0 Å². The van der Waals surface area contributed by atoms with Gasteiger partial charge in [0.25, 0.3) is 0 Å². The average Bonchev–Trinajstić information content (AvgIpc) is 2.67. The Balaban J connectivity index is 5.27. The first-order chi connectivity index (χ1) is 13.3. The maximum absolute atomic E-state index is 12.5. The molecule has 0 aliphatic rings. The first-order valence-electron chi connectivity index (χ1n) is 11.0. The van der Waals surface area contributed by atoms with E-state index in [-0.39, 0.29) is 6.42 Å². The molecular formula is C22H42O4S2. The zero-order valence-electron chi connectivity index (χ0n) is 18.4. The fourth-order valence-electron chi connectivity index (χ4n) is 3.77. The maximum atomic E-state index is 12.5. The standard InChI is InChI=1S/C22H42O4S2/c1-5-9-11-18(7-3)15-22(21(25)26,16-19(8-4)12-10-6-2)17-28-27-14-13-20(23)24/h18-19H,5-17H2,1-4H3,(H,23,24)(H,25,26). The molecule has 0 aromatic carbocycles. The normalized spacial score (nSPS) is 15.7. The van der Waals surface area contributed by atoms with Crippen molar-refractivity contribution < 1.29 is 19.8 Å². The van der Waals surface area contributed by atoms with E-state index in [4.69, 9.17) is 5.11 Å². The zero-order chi connectivity index (χ0) is 21.4. The molecule has 0 aromatic heterocycles. The molecular weight excluding hydrogens is 392 g/mol. The van der Waals surface area contributed by atoms with Crippen molar-refractivity contribution in [3.05, 3.63) is 0 Å². The summed E-state index contributed by atoms with van der Waals surface area (Å²) in [5, 5.41) is 19.1. The molecule has 0 fully saturated rings. The van der Waals surface area contributed by atoms with Crippen LogP contribution >= 0.6 is 21.6 Å². The van der Waals surface area contributed by atoms with E-state index in [1.165, 1.54) is 10.8 Å². The number of carboxylic acid groups (broad SMARTS) is 2. The van der Waals surface area contributed by atoms with Crippen molar-refractivity contribution in [3.8, 4) is 0 Å². The largest absolute Gasteiger partial charge is 0.481 e. The summed E-state index contributed by atoms with van der Waals surface area (Å²) < 4.78 is 0. The van der Waals surface area contributed by atoms with Crippen LogP contribution < -0.4 is 0 Å². The van der Waals surface area contributed by atoms with Crippen LogP contribution in [0.25, 0.3) is 0 Å². The molecule has 0 aliphatic carbocycles. The van der Waals surface area contributed by atoms with Gasteiger partial charge < -0.3 is 10.2 Å². The summed E-state index contributed by atoms with van der Waals surface area (Å²) in [6.07, 6.45) is 10.5. The number of rotatable bonds is 19. The van der Waals surface area contributed by atoms with Crippen molar-refractivity contribution >= 4 is 33.5 Å². The van der Waals surface area contributed by atoms with E-state index in [1.807, 2.05) is 0 Å². The third-order valence-corrected chi connectivity index (χ3v) is 8.28. The van der Waals surface area contributed by atoms with Crippen LogP contribution in [-0.2, 0) is 9.59 Å². The van der Waals surface area contributed by atoms with Gasteiger partial charge in [-0.25, -0.2) is 0 Å². The van der Waals surface area contributed by atoms with Gasteiger partial charge in [-0.1, -0.05) is 101 Å². The number of unbranched alkanes of at least 4 members (excludes halogenated alkanes) is 2. The van der Waals surface area contributed by atoms with Gasteiger partial charge in [-0.3, -0.25) is 9.59 Å². The van der Waals surface area contributed by atoms with Crippen LogP contribution in [0.3, 0.4) is 0 Å². The van der Waals surface area contributed by atoms with Gasteiger partial charge in [0.05, 0.1) is 11.8 Å². The lowest BCUT2D eigenvalue weighted by Crippen LogP contribution is -2.38. The monoisotopic (exact) mass is 434 g/mol. The number of hydrogen-bond acceptors (Lipinski definition) is 4. The van der Waals surface area contributed by atoms with Crippen LogP contribution in [0.5, 0.6) is 0 Å². The van der Waals surface area contributed by atoms with E-state index >= 15 is 0 Å². The van der Waals surface area contributed by atoms with Crippen LogP contribution in [0.15, 0.2) is 0 Å². The smallest absolute Gasteiger partial charge is 0.310 e. The summed E-state index contributed by atoms with van der Waals surface area (Å²) in [5.74, 6) is 0.527. The molecule has 28 heavy (non-hydrogen) atoms. The second-order valence-corrected chi connectivity index (χ2v) is 10.6. The van der Waals surface area contributed by atoms with Gasteiger partial charge in [0.1, 0.15) is 0 Å². The van der Waals surface area contributed by atoms with Gasteiger partial charge in [0, 0.05) is 11.5 Å². The average molecular weight is 435 g/mol. The number of carbonyl (C=O) groups is 2. The molecule has 2 unspecified atom stereocenters. The minimum absolute atomic E-state index is 0.125. The second kappa shape index (κ2) is 16.4. The summed E-state index contributed by atoms with van der Waals surface area (Å²) in [6.45, 7) is 8.72. The Morgan fingerprint density at radius 3 is 1.71 bits per heavy atom. The summed E-state index contributed by atoms with van der Waals surface area (Å²) in [7, 11) is 3.06. The van der Waals surface area contributed by atoms with Crippen LogP contribution in [0, 0.1) is 17.3 Å². The van der Waals surface area contributed by atoms with Crippen molar-refractivity contribution in [1.82, 2.24) is 0 Å². The third kappa shape index (κ3) is 11.6. The predicted molar refractivity (Wildman–Crippen MR) is 123 cm³/mol. The Hall–Kier alpha value is -0.360. The molecule has 6 heteroatoms. The molecule has 0 saturated heterocycles. The second-order valence-electron chi connectivity index (χ2n) is 8.05. The zero-order valence-corrected chi connectivity index (χ0v) is 20.0. The summed E-state index contributed by atoms with van der Waals surface area (Å²) >= 11 is 0. The van der Waals surface area contributed by atoms with Gasteiger partial charge in [0.15, 0.2) is 0 Å². The predicted octanol–water partition coefficient (Wildman–Crippen LogP) is 7.13. The fraction of sp³-hybridized carbons (Fsp3) is 0.909. The molecule has 0 rings (SSSR count). The molecule has 0 heterocycles. The Bertz CT molecular complexity index is 411. The van der Waals surface area contributed by atoms with E-state index in [9.17, 15) is 14.7 Å². The summed E-state index contributed by atoms with van der Waals surface area (Å²) in [6, 6.07) is 0. The Morgan fingerprint density at radius 1 is 0.857 bits per heavy atom. The molecule has 0 amide bonds. The number of carboxylic acids is 2. The van der Waals surface area contributed by atoms with Gasteiger partial charge in [-0.15, -0.1) is 0 Å². The Kier molecular flexibility index (Phi) is 16.2. The van der Waals surface area contributed by atoms with Crippen LogP contribution in [-0.4, -0.2) is 33.7 Å². The van der Waals surface area contributed by atoms with Crippen LogP contribution in [0.1, 0.15) is 98.3 Å². The van der Waals surface area contributed by atoms with Gasteiger partial charge in [-0.05, 0) is 24.7 Å². The molecule has 4 nitrogen and oxygen atoms in total. The molecule has 0 aromatic rings. The molecule has 0 spiro atoms. The molecule has 0 aliphatic heterocycles. The third-order valence-electron chi connectivity index (χ3n) is 5.72. The maximum Gasteiger partial charge on any atom is 0.310 e. The van der Waals surface area contributed by atoms with E-state index in [1.54, 1.807) is 10.8 Å². The van der Waals surface area contributed by atoms with Crippen molar-refractivity contribution in [2.24, 2.45) is 17.3 Å². The lowest BCUT2D eigenvalue weighted by atomic mass is 9.71. The van der Waals surface area contributed by atoms with E-state index < -0.39 is 17.4 Å². The van der Waals surface area contributed by atoms with Crippen LogP contribution in [0.2, 0.25) is 0 Å². The molecule has 0 bridgehead atoms. The quantitative estimate of drug-likeness (QED) is 0.166. The molecule has 166 valence electrons. The highest BCUT2D eigenvalue weighted by molar-refractivity contribution is 8.76.